The topological polar surface area (TPSA) is 54.4 Å². The first-order chi connectivity index (χ1) is 12.3. The molecule has 0 aliphatic rings. The predicted molar refractivity (Wildman–Crippen MR) is 117 cm³/mol. The Morgan fingerprint density at radius 2 is 1.30 bits per heavy atom. The van der Waals surface area contributed by atoms with Crippen molar-refractivity contribution in [3.05, 3.63) is 83.0 Å². The number of halogens is 6. The van der Waals surface area contributed by atoms with E-state index in [9.17, 15) is 4.79 Å². The van der Waals surface area contributed by atoms with Crippen molar-refractivity contribution in [2.75, 3.05) is 6.61 Å². The molecule has 146 valence electrons. The van der Waals surface area contributed by atoms with Gasteiger partial charge in [0.15, 0.2) is 17.4 Å². The minimum absolute atomic E-state index is 0.111. The predicted octanol–water partition coefficient (Wildman–Crippen LogP) is 7.49. The average molecular weight is 600 g/mol. The van der Waals surface area contributed by atoms with Gasteiger partial charge in [-0.15, -0.1) is 0 Å². The van der Waals surface area contributed by atoms with Crippen LogP contribution in [0.2, 0.25) is 0 Å². The molecule has 2 aromatic carbocycles. The summed E-state index contributed by atoms with van der Waals surface area (Å²) in [6, 6.07) is 18.1. The number of rotatable bonds is 5. The first-order valence-corrected chi connectivity index (χ1v) is 26.5. The number of diazo groups is 1. The van der Waals surface area contributed by atoms with Crippen molar-refractivity contribution in [3.8, 4) is 0 Å². The maximum atomic E-state index is 11.9. The van der Waals surface area contributed by atoms with Crippen LogP contribution >= 0.6 is 53.0 Å². The number of hydrogen-bond acceptors (Lipinski definition) is 3. The molecule has 0 radical (unpaired) electrons. The number of hydrogen-bond donors (Lipinski definition) is 0. The molecule has 11 heteroatoms. The monoisotopic (exact) mass is 596 g/mol. The SMILES string of the molecule is N#[N+]/C=C(/OCC(=O)c1ccccc1)c1ccccc1.[Cl][Sb-]([Cl])([Cl])([Cl])([Cl])[Cl]. The molecule has 2 aromatic rings. The summed E-state index contributed by atoms with van der Waals surface area (Å²) in [6.45, 7) is -0.111. The second kappa shape index (κ2) is 9.42. The summed E-state index contributed by atoms with van der Waals surface area (Å²) in [6.07, 6.45) is 1.17. The zero-order valence-electron chi connectivity index (χ0n) is 13.5. The number of benzene rings is 2. The van der Waals surface area contributed by atoms with Crippen LogP contribution in [0.1, 0.15) is 15.9 Å². The molecular formula is C16H13Cl6N2O2Sb. The van der Waals surface area contributed by atoms with Crippen LogP contribution in [0.3, 0.4) is 0 Å². The summed E-state index contributed by atoms with van der Waals surface area (Å²) in [5.74, 6) is 0.211. The van der Waals surface area contributed by atoms with Crippen LogP contribution in [-0.4, -0.2) is 21.5 Å². The molecule has 0 unspecified atom stereocenters. The number of carbonyl (C=O) groups excluding carboxylic acids is 1. The van der Waals surface area contributed by atoms with Gasteiger partial charge in [-0.2, -0.15) is 0 Å². The van der Waals surface area contributed by atoms with Gasteiger partial charge in [0.2, 0.25) is 11.2 Å². The molecule has 0 fully saturated rings. The Morgan fingerprint density at radius 3 is 1.70 bits per heavy atom. The fourth-order valence-corrected chi connectivity index (χ4v) is 1.70. The summed E-state index contributed by atoms with van der Waals surface area (Å²) < 4.78 is 5.44. The van der Waals surface area contributed by atoms with Gasteiger partial charge in [-0.3, -0.25) is 4.79 Å². The molecule has 0 bridgehead atoms. The maximum absolute atomic E-state index is 11.9. The fraction of sp³-hybridized carbons (Fsp3) is 0.0625. The van der Waals surface area contributed by atoms with E-state index in [0.29, 0.717) is 11.3 Å². The van der Waals surface area contributed by atoms with Gasteiger partial charge in [-0.25, -0.2) is 0 Å². The van der Waals surface area contributed by atoms with Crippen molar-refractivity contribution >= 4 is 73.7 Å². The standard InChI is InChI=1S/C16H13N2O2.6ClH.Sb/c17-18-11-16(14-9-5-2-6-10-14)20-12-15(19)13-7-3-1-4-8-13;;;;;;;/h1-11H,12H2;6*1H;/q+1;;;;;;;+5/p-6/b16-11+;;;;;;;. The Balaban J connectivity index is 0.000000445. The number of nitrogens with zero attached hydrogens (tertiary/aromatic N) is 2. The molecule has 0 saturated heterocycles. The van der Waals surface area contributed by atoms with Gasteiger partial charge in [0, 0.05) is 11.1 Å². The Hall–Kier alpha value is -0.372. The summed E-state index contributed by atoms with van der Waals surface area (Å²) in [7, 11) is 25.0. The summed E-state index contributed by atoms with van der Waals surface area (Å²) in [4.78, 5) is 14.9. The Kier molecular flexibility index (Phi) is 8.60. The van der Waals surface area contributed by atoms with Crippen LogP contribution in [0.4, 0.5) is 0 Å². The zero-order valence-corrected chi connectivity index (χ0v) is 20.6. The van der Waals surface area contributed by atoms with Gasteiger partial charge in [0.05, 0.1) is 0 Å². The molecule has 0 heterocycles. The number of carbonyl (C=O) groups is 1. The van der Waals surface area contributed by atoms with Crippen molar-refractivity contribution in [1.29, 1.82) is 5.39 Å². The first-order valence-electron chi connectivity index (χ1n) is 7.13. The molecule has 0 spiro atoms. The van der Waals surface area contributed by atoms with E-state index >= 15 is 0 Å². The van der Waals surface area contributed by atoms with Crippen LogP contribution in [-0.2, 0) is 4.74 Å². The third kappa shape index (κ3) is 14.3. The van der Waals surface area contributed by atoms with E-state index in [1.165, 1.54) is 6.20 Å². The van der Waals surface area contributed by atoms with Crippen molar-refractivity contribution in [1.82, 2.24) is 0 Å². The third-order valence-electron chi connectivity index (χ3n) is 2.69. The quantitative estimate of drug-likeness (QED) is 0.155. The van der Waals surface area contributed by atoms with E-state index < -0.39 is 9.14 Å². The van der Waals surface area contributed by atoms with Gasteiger partial charge in [0.1, 0.15) is 0 Å². The van der Waals surface area contributed by atoms with Gasteiger partial charge < -0.3 is 4.74 Å². The van der Waals surface area contributed by atoms with Gasteiger partial charge in [0.25, 0.3) is 0 Å². The number of ketones is 1. The summed E-state index contributed by atoms with van der Waals surface area (Å²) >= 11 is 0. The van der Waals surface area contributed by atoms with Gasteiger partial charge >= 0.3 is 68.3 Å². The number of Topliss-reactive ketones (excluding diaryl/α,β-unsaturated/α-hetero) is 1. The van der Waals surface area contributed by atoms with Crippen molar-refractivity contribution in [2.24, 2.45) is 0 Å². The second-order valence-electron chi connectivity index (χ2n) is 5.01. The Morgan fingerprint density at radius 1 is 0.889 bits per heavy atom. The average Bonchev–Trinajstić information content (AvgIpc) is 2.57. The van der Waals surface area contributed by atoms with E-state index in [1.54, 1.807) is 24.3 Å². The van der Waals surface area contributed by atoms with E-state index in [0.717, 1.165) is 5.56 Å². The molecule has 0 atom stereocenters. The molecule has 27 heavy (non-hydrogen) atoms. The Labute approximate surface area is 176 Å². The molecule has 0 aliphatic carbocycles. The molecular weight excluding hydrogens is 587 g/mol. The van der Waals surface area contributed by atoms with Crippen molar-refractivity contribution in [2.45, 2.75) is 0 Å². The van der Waals surface area contributed by atoms with Crippen molar-refractivity contribution in [3.63, 3.8) is 0 Å². The molecule has 0 aromatic heterocycles. The Bertz CT molecular complexity index is 836. The molecule has 4 nitrogen and oxygen atoms in total. The van der Waals surface area contributed by atoms with Gasteiger partial charge in [-0.05, 0) is 0 Å². The number of ether oxygens (including phenoxy) is 1. The molecule has 0 saturated carbocycles. The van der Waals surface area contributed by atoms with Crippen LogP contribution in [0.15, 0.2) is 66.9 Å². The molecule has 0 aliphatic heterocycles. The van der Waals surface area contributed by atoms with E-state index in [2.05, 4.69) is 4.98 Å². The normalized spacial score (nSPS) is 13.9. The zero-order chi connectivity index (χ0) is 20.6. The minimum atomic E-state index is -5.42. The molecule has 0 N–H and O–H groups in total. The first kappa shape index (κ1) is 24.7. The third-order valence-corrected chi connectivity index (χ3v) is 2.69. The second-order valence-corrected chi connectivity index (χ2v) is 61.9. The van der Waals surface area contributed by atoms with E-state index in [1.807, 2.05) is 36.4 Å². The van der Waals surface area contributed by atoms with Gasteiger partial charge in [-0.1, -0.05) is 60.7 Å². The van der Waals surface area contributed by atoms with Crippen LogP contribution < -0.4 is 0 Å². The summed E-state index contributed by atoms with van der Waals surface area (Å²) in [5.41, 5.74) is 1.33. The van der Waals surface area contributed by atoms with E-state index in [4.69, 9.17) is 63.1 Å². The summed E-state index contributed by atoms with van der Waals surface area (Å²) in [5, 5.41) is 8.66. The van der Waals surface area contributed by atoms with E-state index in [-0.39, 0.29) is 12.4 Å². The van der Waals surface area contributed by atoms with Crippen molar-refractivity contribution < 1.29 is 9.53 Å². The fourth-order valence-electron chi connectivity index (χ4n) is 1.70. The molecule has 0 amide bonds. The van der Waals surface area contributed by atoms with Crippen LogP contribution in [0.25, 0.3) is 10.7 Å². The van der Waals surface area contributed by atoms with Crippen LogP contribution in [0.5, 0.6) is 0 Å². The van der Waals surface area contributed by atoms with Crippen LogP contribution in [0, 0.1) is 5.39 Å². The molecule has 2 rings (SSSR count).